The quantitative estimate of drug-likeness (QED) is 0.300. The van der Waals surface area contributed by atoms with E-state index in [0.29, 0.717) is 41.4 Å². The van der Waals surface area contributed by atoms with E-state index in [1.165, 1.54) is 32.1 Å². The number of carbonyl (C=O) groups is 2. The van der Waals surface area contributed by atoms with Crippen LogP contribution in [0.15, 0.2) is 30.5 Å². The van der Waals surface area contributed by atoms with Crippen LogP contribution in [0.5, 0.6) is 5.75 Å². The molecule has 0 radical (unpaired) electrons. The van der Waals surface area contributed by atoms with Gasteiger partial charge < -0.3 is 19.4 Å². The van der Waals surface area contributed by atoms with Crippen molar-refractivity contribution in [3.63, 3.8) is 0 Å². The molecule has 0 spiro atoms. The molecule has 2 heterocycles. The van der Waals surface area contributed by atoms with Gasteiger partial charge in [-0.25, -0.2) is 4.98 Å². The first-order chi connectivity index (χ1) is 25.1. The smallest absolute Gasteiger partial charge is 0.302 e. The molecule has 53 heavy (non-hydrogen) atoms. The highest BCUT2D eigenvalue weighted by Crippen LogP contribution is 2.78. The third-order valence-corrected chi connectivity index (χ3v) is 17.8. The molecule has 1 amide bonds. The van der Waals surface area contributed by atoms with Gasteiger partial charge in [-0.3, -0.25) is 9.59 Å². The number of likely N-dealkylation sites (tertiary alicyclic amines) is 1. The van der Waals surface area contributed by atoms with Crippen molar-refractivity contribution >= 4 is 11.9 Å². The van der Waals surface area contributed by atoms with Gasteiger partial charge in [-0.05, 0) is 159 Å². The lowest BCUT2D eigenvalue weighted by atomic mass is 9.32. The lowest BCUT2D eigenvalue weighted by molar-refractivity contribution is -0.251. The summed E-state index contributed by atoms with van der Waals surface area (Å²) in [6.07, 6.45) is 15.4. The lowest BCUT2D eigenvalue weighted by Gasteiger charge is -2.73. The van der Waals surface area contributed by atoms with Crippen LogP contribution in [-0.4, -0.2) is 46.5 Å². The number of fused-ring (bicyclic) bond motifs is 7. The second kappa shape index (κ2) is 12.9. The highest BCUT2D eigenvalue weighted by atomic mass is 16.5. The molecule has 1 aliphatic heterocycles. The van der Waals surface area contributed by atoms with Gasteiger partial charge in [-0.1, -0.05) is 48.5 Å². The van der Waals surface area contributed by atoms with Gasteiger partial charge >= 0.3 is 5.97 Å². The molecule has 6 fully saturated rings. The Labute approximate surface area is 319 Å². The number of benzene rings is 1. The lowest BCUT2D eigenvalue weighted by Crippen LogP contribution is -2.67. The first-order valence-electron chi connectivity index (χ1n) is 21.3. The van der Waals surface area contributed by atoms with Crippen molar-refractivity contribution in [1.82, 2.24) is 14.9 Å². The Morgan fingerprint density at radius 3 is 2.32 bits per heavy atom. The van der Waals surface area contributed by atoms with Crippen LogP contribution in [0.3, 0.4) is 0 Å². The molecule has 4 unspecified atom stereocenters. The molecule has 5 aliphatic carbocycles. The number of nitrogens with zero attached hydrogens (tertiary/aromatic N) is 2. The number of imidazole rings is 1. The SMILES string of the molecule is COc1ccc(-c2cnc(C3CCCN3C(=O)[C@]34CC[C@@H](C(C)C)C3[C@H]3CCC5[C@@]6(C)CC[C@H](OC(C)=O)C(C)(C)C6CC[C@@]5(C)[C@]3(C)CC4)[nH]2)cc1. The molecule has 1 aromatic heterocycles. The van der Waals surface area contributed by atoms with Gasteiger partial charge in [0.15, 0.2) is 0 Å². The van der Waals surface area contributed by atoms with Gasteiger partial charge in [0.05, 0.1) is 30.5 Å². The van der Waals surface area contributed by atoms with Crippen LogP contribution >= 0.6 is 0 Å². The van der Waals surface area contributed by atoms with Gasteiger partial charge in [0, 0.05) is 18.9 Å². The molecular formula is C46H67N3O4. The first kappa shape index (κ1) is 37.1. The Bertz CT molecular complexity index is 1710. The molecule has 1 N–H and O–H groups in total. The van der Waals surface area contributed by atoms with E-state index in [1.807, 2.05) is 18.3 Å². The van der Waals surface area contributed by atoms with Crippen LogP contribution in [0.2, 0.25) is 0 Å². The van der Waals surface area contributed by atoms with E-state index in [9.17, 15) is 4.79 Å². The summed E-state index contributed by atoms with van der Waals surface area (Å²) >= 11 is 0. The van der Waals surface area contributed by atoms with Crippen molar-refractivity contribution in [1.29, 1.82) is 0 Å². The zero-order chi connectivity index (χ0) is 37.7. The van der Waals surface area contributed by atoms with Crippen molar-refractivity contribution < 1.29 is 19.1 Å². The Morgan fingerprint density at radius 2 is 1.62 bits per heavy atom. The van der Waals surface area contributed by atoms with E-state index in [4.69, 9.17) is 14.5 Å². The number of ether oxygens (including phenoxy) is 2. The molecule has 2 aromatic rings. The number of nitrogens with one attached hydrogen (secondary N) is 1. The summed E-state index contributed by atoms with van der Waals surface area (Å²) in [6, 6.07) is 8.11. The summed E-state index contributed by atoms with van der Waals surface area (Å²) in [4.78, 5) is 38.5. The zero-order valence-corrected chi connectivity index (χ0v) is 34.2. The van der Waals surface area contributed by atoms with Crippen LogP contribution in [0, 0.1) is 62.6 Å². The summed E-state index contributed by atoms with van der Waals surface area (Å²) in [5, 5.41) is 0. The van der Waals surface area contributed by atoms with E-state index in [2.05, 4.69) is 70.5 Å². The van der Waals surface area contributed by atoms with Gasteiger partial charge in [0.25, 0.3) is 0 Å². The van der Waals surface area contributed by atoms with E-state index in [-0.39, 0.29) is 45.2 Å². The van der Waals surface area contributed by atoms with E-state index in [0.717, 1.165) is 74.3 Å². The Hall–Kier alpha value is -2.83. The minimum absolute atomic E-state index is 0.00452. The second-order valence-corrected chi connectivity index (χ2v) is 20.3. The third-order valence-electron chi connectivity index (χ3n) is 17.8. The molecule has 5 saturated carbocycles. The Kier molecular flexibility index (Phi) is 9.01. The predicted octanol–water partition coefficient (Wildman–Crippen LogP) is 10.4. The monoisotopic (exact) mass is 726 g/mol. The van der Waals surface area contributed by atoms with Crippen LogP contribution < -0.4 is 4.74 Å². The zero-order valence-electron chi connectivity index (χ0n) is 34.2. The summed E-state index contributed by atoms with van der Waals surface area (Å²) in [5.41, 5.74) is 2.42. The number of aromatic nitrogens is 2. The maximum absolute atomic E-state index is 15.5. The molecular weight excluding hydrogens is 659 g/mol. The molecule has 8 rings (SSSR count). The minimum Gasteiger partial charge on any atom is -0.497 e. The molecule has 7 heteroatoms. The largest absolute Gasteiger partial charge is 0.497 e. The van der Waals surface area contributed by atoms with Crippen molar-refractivity contribution in [3.05, 3.63) is 36.3 Å². The van der Waals surface area contributed by atoms with Gasteiger partial charge in [0.2, 0.25) is 5.91 Å². The third kappa shape index (κ3) is 5.34. The molecule has 0 bridgehead atoms. The highest BCUT2D eigenvalue weighted by Gasteiger charge is 2.72. The number of H-pyrrole nitrogens is 1. The van der Waals surface area contributed by atoms with Gasteiger partial charge in [0.1, 0.15) is 17.7 Å². The average molecular weight is 726 g/mol. The summed E-state index contributed by atoms with van der Waals surface area (Å²) in [6.45, 7) is 20.1. The normalized spacial score (nSPS) is 41.6. The fraction of sp³-hybridized carbons (Fsp3) is 0.761. The fourth-order valence-corrected chi connectivity index (χ4v) is 15.2. The van der Waals surface area contributed by atoms with Crippen LogP contribution in [0.25, 0.3) is 11.3 Å². The fourth-order valence-electron chi connectivity index (χ4n) is 15.2. The number of methoxy groups -OCH3 is 1. The first-order valence-corrected chi connectivity index (χ1v) is 21.3. The number of carbonyl (C=O) groups excluding carboxylic acids is 2. The minimum atomic E-state index is -0.276. The molecule has 1 saturated heterocycles. The number of hydrogen-bond donors (Lipinski definition) is 1. The standard InChI is InChI=1S/C46H67N3O4/c1-28(2)32-18-23-46(41(51)49-26-10-11-35(49)40-47-27-34(48-40)30-12-14-31(52-9)15-13-30)25-24-44(7)33(39(32)46)16-17-37-43(6)21-20-38(53-29(3)50)42(4,5)36(43)19-22-45(37,44)8/h12-15,27-28,32-33,35-39H,10-11,16-26H2,1-9H3,(H,47,48)/t32-,33+,35?,36?,37?,38-,39?,43-,44+,45+,46-/m0/s1. The molecule has 290 valence electrons. The van der Waals surface area contributed by atoms with E-state index < -0.39 is 0 Å². The number of rotatable bonds is 6. The highest BCUT2D eigenvalue weighted by molar-refractivity contribution is 5.84. The number of amides is 1. The van der Waals surface area contributed by atoms with Crippen LogP contribution in [0.4, 0.5) is 0 Å². The Balaban J connectivity index is 1.09. The molecule has 11 atom stereocenters. The summed E-state index contributed by atoms with van der Waals surface area (Å²) < 4.78 is 11.4. The van der Waals surface area contributed by atoms with E-state index >= 15 is 4.79 Å². The topological polar surface area (TPSA) is 84.5 Å². The average Bonchev–Trinajstić information content (AvgIpc) is 3.89. The van der Waals surface area contributed by atoms with Crippen molar-refractivity contribution in [2.24, 2.45) is 62.6 Å². The van der Waals surface area contributed by atoms with Crippen molar-refractivity contribution in [2.75, 3.05) is 13.7 Å². The molecule has 7 nitrogen and oxygen atoms in total. The van der Waals surface area contributed by atoms with Crippen molar-refractivity contribution in [2.45, 2.75) is 145 Å². The molecule has 1 aromatic carbocycles. The maximum Gasteiger partial charge on any atom is 0.302 e. The number of hydrogen-bond acceptors (Lipinski definition) is 5. The number of aromatic amines is 1. The number of esters is 1. The predicted molar refractivity (Wildman–Crippen MR) is 209 cm³/mol. The van der Waals surface area contributed by atoms with Crippen LogP contribution in [0.1, 0.15) is 144 Å². The maximum atomic E-state index is 15.5. The molecule has 6 aliphatic rings. The van der Waals surface area contributed by atoms with E-state index in [1.54, 1.807) is 14.0 Å². The summed E-state index contributed by atoms with van der Waals surface area (Å²) in [5.74, 6) is 5.41. The van der Waals surface area contributed by atoms with Gasteiger partial charge in [-0.15, -0.1) is 0 Å². The Morgan fingerprint density at radius 1 is 0.868 bits per heavy atom. The van der Waals surface area contributed by atoms with Gasteiger partial charge in [-0.2, -0.15) is 0 Å². The second-order valence-electron chi connectivity index (χ2n) is 20.3. The van der Waals surface area contributed by atoms with Crippen molar-refractivity contribution in [3.8, 4) is 17.0 Å². The van der Waals surface area contributed by atoms with Crippen LogP contribution in [-0.2, 0) is 14.3 Å². The summed E-state index contributed by atoms with van der Waals surface area (Å²) in [7, 11) is 1.69.